The number of carbonyl (C=O) groups is 1. The standard InChI is InChI=1S/C14H9ClN6O2S2/c15-6-2-1-3-7-10(6)24-14(19-7)25-13-20-9-11(16)17-5-18-12(9)21(13)4-8(22)23/h1-3,5H,4H2,(H,22,23)(H2,16,17,18). The minimum Gasteiger partial charge on any atom is -0.480 e. The van der Waals surface area contributed by atoms with Crippen LogP contribution in [-0.4, -0.2) is 35.6 Å². The number of hydrogen-bond acceptors (Lipinski definition) is 8. The lowest BCUT2D eigenvalue weighted by molar-refractivity contribution is -0.137. The fourth-order valence-electron chi connectivity index (χ4n) is 2.31. The van der Waals surface area contributed by atoms with E-state index in [9.17, 15) is 9.90 Å². The SMILES string of the molecule is Nc1ncnc2c1nc(Sc1nc3cccc(Cl)c3s1)n2CC(=O)O. The van der Waals surface area contributed by atoms with Crippen molar-refractivity contribution >= 4 is 67.9 Å². The van der Waals surface area contributed by atoms with Gasteiger partial charge < -0.3 is 10.8 Å². The quantitative estimate of drug-likeness (QED) is 0.544. The van der Waals surface area contributed by atoms with Crippen LogP contribution in [-0.2, 0) is 11.3 Å². The minimum atomic E-state index is -1.01. The molecule has 0 spiro atoms. The van der Waals surface area contributed by atoms with Crippen LogP contribution in [0, 0.1) is 0 Å². The Hall–Kier alpha value is -2.43. The van der Waals surface area contributed by atoms with E-state index in [2.05, 4.69) is 19.9 Å². The van der Waals surface area contributed by atoms with E-state index in [-0.39, 0.29) is 12.4 Å². The molecule has 1 aromatic carbocycles. The molecule has 4 rings (SSSR count). The Labute approximate surface area is 153 Å². The average Bonchev–Trinajstić information content (AvgIpc) is 3.12. The maximum absolute atomic E-state index is 11.2. The summed E-state index contributed by atoms with van der Waals surface area (Å²) in [5.74, 6) is -0.811. The number of nitrogens with zero attached hydrogens (tertiary/aromatic N) is 5. The monoisotopic (exact) mass is 392 g/mol. The molecule has 0 aliphatic heterocycles. The van der Waals surface area contributed by atoms with Gasteiger partial charge in [0, 0.05) is 0 Å². The second-order valence-electron chi connectivity index (χ2n) is 4.98. The van der Waals surface area contributed by atoms with Crippen LogP contribution >= 0.6 is 34.7 Å². The van der Waals surface area contributed by atoms with Gasteiger partial charge in [0.2, 0.25) is 0 Å². The number of imidazole rings is 1. The van der Waals surface area contributed by atoms with Gasteiger partial charge in [-0.3, -0.25) is 9.36 Å². The summed E-state index contributed by atoms with van der Waals surface area (Å²) in [4.78, 5) is 28.1. The van der Waals surface area contributed by atoms with E-state index in [1.165, 1.54) is 34.0 Å². The van der Waals surface area contributed by atoms with Crippen LogP contribution in [0.1, 0.15) is 0 Å². The maximum Gasteiger partial charge on any atom is 0.323 e. The fourth-order valence-corrected chi connectivity index (χ4v) is 4.63. The van der Waals surface area contributed by atoms with E-state index in [0.717, 1.165) is 10.2 Å². The summed E-state index contributed by atoms with van der Waals surface area (Å²) in [6, 6.07) is 5.49. The molecule has 0 fully saturated rings. The van der Waals surface area contributed by atoms with Crippen molar-refractivity contribution in [2.45, 2.75) is 16.0 Å². The first-order chi connectivity index (χ1) is 12.0. The molecule has 0 atom stereocenters. The third-order valence-corrected chi connectivity index (χ3v) is 5.93. The van der Waals surface area contributed by atoms with Crippen molar-refractivity contribution < 1.29 is 9.90 Å². The molecule has 8 nitrogen and oxygen atoms in total. The molecule has 3 N–H and O–H groups in total. The molecule has 3 heterocycles. The molecular formula is C14H9ClN6O2S2. The van der Waals surface area contributed by atoms with Gasteiger partial charge in [-0.25, -0.2) is 19.9 Å². The predicted octanol–water partition coefficient (Wildman–Crippen LogP) is 2.91. The number of nitrogen functional groups attached to an aromatic ring is 1. The lowest BCUT2D eigenvalue weighted by Crippen LogP contribution is -2.10. The first-order valence-electron chi connectivity index (χ1n) is 6.94. The highest BCUT2D eigenvalue weighted by Crippen LogP contribution is 2.38. The number of nitrogens with two attached hydrogens (primary N) is 1. The predicted molar refractivity (Wildman–Crippen MR) is 96.1 cm³/mol. The molecule has 0 saturated heterocycles. The van der Waals surface area contributed by atoms with E-state index in [0.29, 0.717) is 25.7 Å². The van der Waals surface area contributed by atoms with Gasteiger partial charge in [-0.05, 0) is 23.9 Å². The maximum atomic E-state index is 11.2. The molecular weight excluding hydrogens is 384 g/mol. The van der Waals surface area contributed by atoms with E-state index >= 15 is 0 Å². The molecule has 0 bridgehead atoms. The largest absolute Gasteiger partial charge is 0.480 e. The van der Waals surface area contributed by atoms with E-state index in [1.807, 2.05) is 12.1 Å². The number of rotatable bonds is 4. The van der Waals surface area contributed by atoms with E-state index < -0.39 is 5.97 Å². The van der Waals surface area contributed by atoms with Crippen molar-refractivity contribution in [3.05, 3.63) is 29.5 Å². The Kier molecular flexibility index (Phi) is 3.94. The highest BCUT2D eigenvalue weighted by molar-refractivity contribution is 8.01. The van der Waals surface area contributed by atoms with Gasteiger partial charge in [0.1, 0.15) is 12.9 Å². The summed E-state index contributed by atoms with van der Waals surface area (Å²) in [7, 11) is 0. The highest BCUT2D eigenvalue weighted by Gasteiger charge is 2.19. The Balaban J connectivity index is 1.83. The Morgan fingerprint density at radius 2 is 2.20 bits per heavy atom. The number of carboxylic acid groups (broad SMARTS) is 1. The highest BCUT2D eigenvalue weighted by atomic mass is 35.5. The number of fused-ring (bicyclic) bond motifs is 2. The molecule has 126 valence electrons. The molecule has 0 unspecified atom stereocenters. The molecule has 0 aliphatic carbocycles. The van der Waals surface area contributed by atoms with Gasteiger partial charge >= 0.3 is 5.97 Å². The minimum absolute atomic E-state index is 0.198. The second-order valence-corrected chi connectivity index (χ2v) is 7.60. The van der Waals surface area contributed by atoms with Crippen molar-refractivity contribution in [2.75, 3.05) is 5.73 Å². The van der Waals surface area contributed by atoms with Gasteiger partial charge in [-0.15, -0.1) is 11.3 Å². The van der Waals surface area contributed by atoms with E-state index in [4.69, 9.17) is 17.3 Å². The van der Waals surface area contributed by atoms with Gasteiger partial charge in [0.15, 0.2) is 26.5 Å². The smallest absolute Gasteiger partial charge is 0.323 e. The van der Waals surface area contributed by atoms with Crippen molar-refractivity contribution in [1.29, 1.82) is 0 Å². The Bertz CT molecular complexity index is 1130. The number of hydrogen-bond donors (Lipinski definition) is 2. The third-order valence-electron chi connectivity index (χ3n) is 3.34. The van der Waals surface area contributed by atoms with Crippen LogP contribution in [0.3, 0.4) is 0 Å². The van der Waals surface area contributed by atoms with Crippen molar-refractivity contribution in [3.8, 4) is 0 Å². The normalized spacial score (nSPS) is 11.4. The first kappa shape index (κ1) is 16.1. The summed E-state index contributed by atoms with van der Waals surface area (Å²) in [5.41, 5.74) is 7.35. The summed E-state index contributed by atoms with van der Waals surface area (Å²) in [5, 5.41) is 10.2. The Morgan fingerprint density at radius 3 is 2.96 bits per heavy atom. The average molecular weight is 393 g/mol. The van der Waals surface area contributed by atoms with Crippen molar-refractivity contribution in [2.24, 2.45) is 0 Å². The number of aliphatic carboxylic acids is 1. The zero-order valence-corrected chi connectivity index (χ0v) is 14.8. The zero-order chi connectivity index (χ0) is 17.6. The molecule has 0 saturated carbocycles. The molecule has 0 aliphatic rings. The number of halogens is 1. The van der Waals surface area contributed by atoms with Crippen LogP contribution in [0.25, 0.3) is 21.4 Å². The first-order valence-corrected chi connectivity index (χ1v) is 8.95. The number of anilines is 1. The number of carboxylic acids is 1. The molecule has 4 aromatic rings. The van der Waals surface area contributed by atoms with Gasteiger partial charge in [0.25, 0.3) is 0 Å². The van der Waals surface area contributed by atoms with Crippen LogP contribution in [0.4, 0.5) is 5.82 Å². The Morgan fingerprint density at radius 1 is 1.36 bits per heavy atom. The number of aromatic nitrogens is 5. The second kappa shape index (κ2) is 6.14. The lowest BCUT2D eigenvalue weighted by atomic mass is 10.3. The molecule has 11 heteroatoms. The summed E-state index contributed by atoms with van der Waals surface area (Å²) in [6.07, 6.45) is 1.28. The van der Waals surface area contributed by atoms with Crippen LogP contribution in [0.15, 0.2) is 34.0 Å². The molecule has 25 heavy (non-hydrogen) atoms. The van der Waals surface area contributed by atoms with Crippen molar-refractivity contribution in [3.63, 3.8) is 0 Å². The van der Waals surface area contributed by atoms with Crippen LogP contribution in [0.2, 0.25) is 5.02 Å². The van der Waals surface area contributed by atoms with Gasteiger partial charge in [-0.1, -0.05) is 17.7 Å². The number of benzene rings is 1. The van der Waals surface area contributed by atoms with Crippen molar-refractivity contribution in [1.82, 2.24) is 24.5 Å². The molecule has 3 aromatic heterocycles. The summed E-state index contributed by atoms with van der Waals surface area (Å²) >= 11 is 8.84. The van der Waals surface area contributed by atoms with Gasteiger partial charge in [-0.2, -0.15) is 0 Å². The number of thiazole rings is 1. The summed E-state index contributed by atoms with van der Waals surface area (Å²) in [6.45, 7) is -0.291. The van der Waals surface area contributed by atoms with Crippen LogP contribution in [0.5, 0.6) is 0 Å². The molecule has 0 amide bonds. The third kappa shape index (κ3) is 2.88. The fraction of sp³-hybridized carbons (Fsp3) is 0.0714. The van der Waals surface area contributed by atoms with E-state index in [1.54, 1.807) is 6.07 Å². The lowest BCUT2D eigenvalue weighted by Gasteiger charge is -2.03. The topological polar surface area (TPSA) is 120 Å². The molecule has 0 radical (unpaired) electrons. The van der Waals surface area contributed by atoms with Gasteiger partial charge in [0.05, 0.1) is 15.2 Å². The zero-order valence-electron chi connectivity index (χ0n) is 12.4. The summed E-state index contributed by atoms with van der Waals surface area (Å²) < 4.78 is 3.04. The van der Waals surface area contributed by atoms with Crippen LogP contribution < -0.4 is 5.73 Å².